The third-order valence-electron chi connectivity index (χ3n) is 21.2. The van der Waals surface area contributed by atoms with Crippen LogP contribution < -0.4 is 0 Å². The van der Waals surface area contributed by atoms with Gasteiger partial charge < -0.3 is 0 Å². The van der Waals surface area contributed by atoms with Gasteiger partial charge in [-0.15, -0.1) is 0 Å². The predicted molar refractivity (Wildman–Crippen MR) is 494 cm³/mol. The van der Waals surface area contributed by atoms with E-state index < -0.39 is 18.1 Å². The Hall–Kier alpha value is -16.2. The summed E-state index contributed by atoms with van der Waals surface area (Å²) in [6, 6.07) is 131. The van der Waals surface area contributed by atoms with Crippen LogP contribution in [0.15, 0.2) is 456 Å². The molecule has 0 aliphatic rings. The molecule has 120 heavy (non-hydrogen) atoms. The Bertz CT molecular complexity index is 7310. The van der Waals surface area contributed by atoms with E-state index in [9.17, 15) is 0 Å². The topological polar surface area (TPSA) is 116 Å². The Balaban J connectivity index is 0.000000123. The van der Waals surface area contributed by atoms with E-state index >= 15 is 0 Å². The fraction of sp³-hybridized carbons (Fsp3) is 0. The second-order valence-electron chi connectivity index (χ2n) is 28.9. The third-order valence-corrected chi connectivity index (χ3v) is 21.2. The molecule has 21 aromatic rings. The number of nitrogens with zero attached hydrogens (tertiary/aromatic N) is 9. The van der Waals surface area contributed by atoms with Crippen LogP contribution in [0.2, 0.25) is 0 Å². The van der Waals surface area contributed by atoms with Crippen molar-refractivity contribution in [2.24, 2.45) is 0 Å². The van der Waals surface area contributed by atoms with Gasteiger partial charge in [-0.25, -0.2) is 29.9 Å². The van der Waals surface area contributed by atoms with Gasteiger partial charge in [-0.1, -0.05) is 346 Å². The number of aromatic nitrogens is 9. The van der Waals surface area contributed by atoms with Gasteiger partial charge in [0.1, 0.15) is 0 Å². The quantitative estimate of drug-likeness (QED) is 0.0989. The van der Waals surface area contributed by atoms with E-state index in [-0.39, 0.29) is 23.5 Å². The number of pyridine rings is 3. The van der Waals surface area contributed by atoms with Crippen molar-refractivity contribution in [1.82, 2.24) is 44.9 Å². The van der Waals surface area contributed by atoms with Gasteiger partial charge in [-0.2, -0.15) is 0 Å². The maximum Gasteiger partial charge on any atom is 0.161 e. The third kappa shape index (κ3) is 16.6. The zero-order valence-corrected chi connectivity index (χ0v) is 64.9. The molecule has 0 atom stereocenters. The zero-order valence-electron chi connectivity index (χ0n) is 69.9. The second kappa shape index (κ2) is 34.5. The molecule has 6 heterocycles. The Kier molecular flexibility index (Phi) is 19.6. The van der Waals surface area contributed by atoms with Crippen LogP contribution in [-0.4, -0.2) is 44.9 Å². The van der Waals surface area contributed by atoms with Gasteiger partial charge in [0.25, 0.3) is 0 Å². The summed E-state index contributed by atoms with van der Waals surface area (Å²) in [4.78, 5) is 43.2. The molecule has 564 valence electrons. The van der Waals surface area contributed by atoms with Gasteiger partial charge in [0.2, 0.25) is 0 Å². The zero-order chi connectivity index (χ0) is 84.5. The van der Waals surface area contributed by atoms with Crippen molar-refractivity contribution >= 4 is 32.3 Å². The van der Waals surface area contributed by atoms with E-state index in [0.717, 1.165) is 139 Å². The fourth-order valence-electron chi connectivity index (χ4n) is 15.1. The van der Waals surface area contributed by atoms with Crippen LogP contribution in [-0.2, 0) is 0 Å². The summed E-state index contributed by atoms with van der Waals surface area (Å²) in [6.45, 7) is 0. The number of fused-ring (bicyclic) bond motifs is 3. The van der Waals surface area contributed by atoms with Crippen LogP contribution >= 0.6 is 0 Å². The molecule has 15 aromatic carbocycles. The van der Waals surface area contributed by atoms with Gasteiger partial charge >= 0.3 is 0 Å². The first-order valence-corrected chi connectivity index (χ1v) is 39.7. The van der Waals surface area contributed by atoms with Crippen molar-refractivity contribution in [3.05, 3.63) is 456 Å². The Labute approximate surface area is 703 Å². The van der Waals surface area contributed by atoms with Crippen LogP contribution in [0.1, 0.15) is 6.85 Å². The molecule has 0 aliphatic carbocycles. The molecule has 0 fully saturated rings. The van der Waals surface area contributed by atoms with Crippen molar-refractivity contribution < 1.29 is 6.85 Å². The van der Waals surface area contributed by atoms with Crippen molar-refractivity contribution in [2.75, 3.05) is 0 Å². The molecule has 21 rings (SSSR count). The number of hydrogen-bond acceptors (Lipinski definition) is 9. The maximum atomic E-state index is 8.56. The summed E-state index contributed by atoms with van der Waals surface area (Å²) < 4.78 is 41.5. The molecule has 0 saturated heterocycles. The molecule has 0 bridgehead atoms. The van der Waals surface area contributed by atoms with Gasteiger partial charge in [0.05, 0.1) is 41.0 Å². The van der Waals surface area contributed by atoms with Gasteiger partial charge in [0.15, 0.2) is 17.5 Å². The lowest BCUT2D eigenvalue weighted by Gasteiger charge is -2.12. The minimum atomic E-state index is -0.458. The van der Waals surface area contributed by atoms with Crippen molar-refractivity contribution in [1.29, 1.82) is 0 Å². The van der Waals surface area contributed by atoms with Gasteiger partial charge in [-0.3, -0.25) is 15.0 Å². The van der Waals surface area contributed by atoms with E-state index in [1.54, 1.807) is 18.6 Å². The van der Waals surface area contributed by atoms with E-state index in [1.807, 2.05) is 140 Å². The first kappa shape index (κ1) is 68.2. The van der Waals surface area contributed by atoms with E-state index in [2.05, 4.69) is 282 Å². The normalized spacial score (nSPS) is 11.6. The van der Waals surface area contributed by atoms with Crippen molar-refractivity contribution in [3.63, 3.8) is 0 Å². The highest BCUT2D eigenvalue weighted by molar-refractivity contribution is 5.98. The molecule has 0 saturated carbocycles. The first-order chi connectivity index (χ1) is 61.5. The monoisotopic (exact) mass is 1540 g/mol. The first-order valence-electron chi connectivity index (χ1n) is 42.2. The average Bonchev–Trinajstić information content (AvgIpc) is 0.772. The lowest BCUT2D eigenvalue weighted by Crippen LogP contribution is -1.97. The maximum absolute atomic E-state index is 8.56. The molecular formula is C111H75N9. The molecule has 6 aromatic heterocycles. The van der Waals surface area contributed by atoms with Gasteiger partial charge in [-0.05, 0) is 150 Å². The minimum Gasteiger partial charge on any atom is -0.264 e. The molecule has 0 spiro atoms. The Morgan fingerprint density at radius 2 is 0.500 bits per heavy atom. The summed E-state index contributed by atoms with van der Waals surface area (Å²) in [5, 5.41) is 6.96. The van der Waals surface area contributed by atoms with E-state index in [0.29, 0.717) is 23.0 Å². The summed E-state index contributed by atoms with van der Waals surface area (Å²) >= 11 is 0. The highest BCUT2D eigenvalue weighted by Gasteiger charge is 2.19. The van der Waals surface area contributed by atoms with E-state index in [1.165, 1.54) is 27.3 Å². The molecule has 9 heteroatoms. The van der Waals surface area contributed by atoms with Crippen LogP contribution in [0.3, 0.4) is 0 Å². The molecule has 0 N–H and O–H groups in total. The molecule has 0 unspecified atom stereocenters. The molecular weight excluding hydrogens is 1460 g/mol. The summed E-state index contributed by atoms with van der Waals surface area (Å²) in [5.41, 5.74) is 25.4. The van der Waals surface area contributed by atoms with Crippen LogP contribution in [0, 0.1) is 0 Å². The molecule has 0 amide bonds. The summed E-state index contributed by atoms with van der Waals surface area (Å²) in [5.74, 6) is 1.47. The smallest absolute Gasteiger partial charge is 0.161 e. The van der Waals surface area contributed by atoms with Crippen LogP contribution in [0.4, 0.5) is 0 Å². The second-order valence-corrected chi connectivity index (χ2v) is 28.9. The summed E-state index contributed by atoms with van der Waals surface area (Å²) in [7, 11) is 0. The SMILES string of the molecule is [2H]c1c([2H])c([2H])c(-c2nc(-c3cccc(-c4ccccc4)c3)cc(-c3cccc(-c4cccnc4)c3)n2)c([2H])c1[2H].c1ccc(-c2cccc(-c3cc(-c4cccc(-c5cccnc5)c4)nc(-c4cccc5ccccc45)n3)c2)cc1.c1ccc(-c2cccc(-c3cc(-c4cccc(-c5cncc6ccccc56)c4)nc(-c4ccc5ccccc5c4)n3)c2)cc1. The Morgan fingerprint density at radius 3 is 0.950 bits per heavy atom. The number of benzene rings is 15. The molecule has 0 radical (unpaired) electrons. The van der Waals surface area contributed by atoms with E-state index in [4.69, 9.17) is 36.8 Å². The lowest BCUT2D eigenvalue weighted by molar-refractivity contribution is 1.18. The standard InChI is InChI=1S/C41H27N3.C37H25N3.C33H23N3/c1-2-10-28(11-3-1)31-15-8-17-33(22-31)39-25-40(44-41(43-39)35-21-20-29-12-4-5-13-30(29)23-35)34-18-9-16-32(24-34)38-27-42-26-36-14-6-7-19-37(36)38;1-2-10-26(11-3-1)28-14-6-16-30(22-28)35-24-36(31-17-7-15-29(23-31)32-18-9-21-38-25-32)40-37(39-35)34-20-8-13-27-12-4-5-19-33(27)34;1-3-10-24(11-4-1)26-14-7-16-28(20-26)31-22-32(36-33(35-31)25-12-5-2-6-13-25)29-17-8-15-27(21-29)30-18-9-19-34-23-30/h1-27H;1-25H;1-23H/i;;2D,5D,6D,12D,13D. The lowest BCUT2D eigenvalue weighted by atomic mass is 9.97. The largest absolute Gasteiger partial charge is 0.264 e. The molecule has 0 aliphatic heterocycles. The van der Waals surface area contributed by atoms with Crippen LogP contribution in [0.25, 0.3) is 201 Å². The fourth-order valence-corrected chi connectivity index (χ4v) is 15.1. The highest BCUT2D eigenvalue weighted by atomic mass is 14.9. The Morgan fingerprint density at radius 1 is 0.167 bits per heavy atom. The van der Waals surface area contributed by atoms with Crippen LogP contribution in [0.5, 0.6) is 0 Å². The predicted octanol–water partition coefficient (Wildman–Crippen LogP) is 28.1. The highest BCUT2D eigenvalue weighted by Crippen LogP contribution is 2.39. The number of rotatable bonds is 15. The van der Waals surface area contributed by atoms with Gasteiger partial charge in [0, 0.05) is 109 Å². The minimum absolute atomic E-state index is 0.0401. The van der Waals surface area contributed by atoms with Crippen molar-refractivity contribution in [3.8, 4) is 168 Å². The molecule has 9 nitrogen and oxygen atoms in total. The summed E-state index contributed by atoms with van der Waals surface area (Å²) in [6.07, 6.45) is 11.1. The number of hydrogen-bond donors (Lipinski definition) is 0. The average molecular weight is 1540 g/mol. The van der Waals surface area contributed by atoms with Crippen molar-refractivity contribution in [2.45, 2.75) is 0 Å².